The molecule has 0 aromatic heterocycles. The van der Waals surface area contributed by atoms with Gasteiger partial charge >= 0.3 is 5.97 Å². The molecule has 0 saturated carbocycles. The van der Waals surface area contributed by atoms with Crippen LogP contribution in [0.25, 0.3) is 0 Å². The molecule has 0 unspecified atom stereocenters. The van der Waals surface area contributed by atoms with Gasteiger partial charge in [-0.05, 0) is 52.3 Å². The van der Waals surface area contributed by atoms with Gasteiger partial charge in [-0.1, -0.05) is 6.07 Å². The van der Waals surface area contributed by atoms with Gasteiger partial charge in [-0.15, -0.1) is 0 Å². The predicted octanol–water partition coefficient (Wildman–Crippen LogP) is 2.85. The Morgan fingerprint density at radius 3 is 2.57 bits per heavy atom. The molecule has 5 heteroatoms. The highest BCUT2D eigenvalue weighted by Crippen LogP contribution is 2.17. The quantitative estimate of drug-likeness (QED) is 0.810. The second kappa shape index (κ2) is 7.11. The Labute approximate surface area is 125 Å². The van der Waals surface area contributed by atoms with E-state index in [1.807, 2.05) is 27.7 Å². The smallest absolute Gasteiger partial charge is 0.303 e. The van der Waals surface area contributed by atoms with E-state index in [1.54, 1.807) is 24.3 Å². The van der Waals surface area contributed by atoms with Crippen molar-refractivity contribution in [2.45, 2.75) is 52.2 Å². The molecule has 1 aromatic carbocycles. The van der Waals surface area contributed by atoms with Crippen molar-refractivity contribution in [1.29, 1.82) is 0 Å². The van der Waals surface area contributed by atoms with Gasteiger partial charge in [0.1, 0.15) is 5.75 Å². The van der Waals surface area contributed by atoms with Gasteiger partial charge in [0.2, 0.25) is 0 Å². The minimum atomic E-state index is -0.871. The molecule has 2 N–H and O–H groups in total. The van der Waals surface area contributed by atoms with Crippen LogP contribution in [0.4, 0.5) is 0 Å². The summed E-state index contributed by atoms with van der Waals surface area (Å²) in [5.41, 5.74) is -0.0822. The van der Waals surface area contributed by atoms with Crippen LogP contribution in [0.1, 0.15) is 50.9 Å². The molecule has 0 bridgehead atoms. The molecule has 1 rings (SSSR count). The summed E-state index contributed by atoms with van der Waals surface area (Å²) < 4.78 is 5.56. The average Bonchev–Trinajstić information content (AvgIpc) is 2.35. The Bertz CT molecular complexity index is 509. The van der Waals surface area contributed by atoms with Crippen molar-refractivity contribution in [3.8, 4) is 5.75 Å². The Kier molecular flexibility index (Phi) is 5.76. The molecule has 0 aliphatic carbocycles. The Hall–Kier alpha value is -2.04. The fourth-order valence-electron chi connectivity index (χ4n) is 1.84. The number of aliphatic carboxylic acids is 1. The minimum Gasteiger partial charge on any atom is -0.491 e. The molecular formula is C16H23NO4. The van der Waals surface area contributed by atoms with Crippen molar-refractivity contribution in [3.63, 3.8) is 0 Å². The lowest BCUT2D eigenvalue weighted by Gasteiger charge is -2.25. The van der Waals surface area contributed by atoms with E-state index in [-0.39, 0.29) is 18.4 Å². The minimum absolute atomic E-state index is 0.0176. The van der Waals surface area contributed by atoms with Crippen LogP contribution in [0.15, 0.2) is 24.3 Å². The Morgan fingerprint density at radius 1 is 1.33 bits per heavy atom. The number of carboxylic acids is 1. The number of hydrogen-bond acceptors (Lipinski definition) is 3. The van der Waals surface area contributed by atoms with Gasteiger partial charge in [0.15, 0.2) is 0 Å². The van der Waals surface area contributed by atoms with E-state index in [0.29, 0.717) is 17.7 Å². The first-order valence-corrected chi connectivity index (χ1v) is 7.00. The maximum Gasteiger partial charge on any atom is 0.303 e. The maximum atomic E-state index is 12.2. The molecule has 0 atom stereocenters. The zero-order valence-corrected chi connectivity index (χ0v) is 13.0. The number of rotatable bonds is 7. The highest BCUT2D eigenvalue weighted by atomic mass is 16.5. The van der Waals surface area contributed by atoms with E-state index < -0.39 is 11.5 Å². The first-order chi connectivity index (χ1) is 9.69. The first kappa shape index (κ1) is 17.0. The first-order valence-electron chi connectivity index (χ1n) is 7.00. The van der Waals surface area contributed by atoms with Gasteiger partial charge in [0.05, 0.1) is 6.10 Å². The van der Waals surface area contributed by atoms with E-state index in [9.17, 15) is 9.59 Å². The molecule has 0 radical (unpaired) electrons. The van der Waals surface area contributed by atoms with Crippen LogP contribution >= 0.6 is 0 Å². The van der Waals surface area contributed by atoms with E-state index in [0.717, 1.165) is 0 Å². The van der Waals surface area contributed by atoms with Crippen LogP contribution in [0, 0.1) is 0 Å². The molecule has 1 amide bonds. The number of carbonyl (C=O) groups is 2. The maximum absolute atomic E-state index is 12.2. The van der Waals surface area contributed by atoms with Crippen molar-refractivity contribution in [2.24, 2.45) is 0 Å². The third-order valence-corrected chi connectivity index (χ3v) is 2.88. The molecule has 0 heterocycles. The number of hydrogen-bond donors (Lipinski definition) is 2. The van der Waals surface area contributed by atoms with E-state index in [1.165, 1.54) is 0 Å². The van der Waals surface area contributed by atoms with E-state index in [4.69, 9.17) is 9.84 Å². The molecule has 0 saturated heterocycles. The molecule has 21 heavy (non-hydrogen) atoms. The van der Waals surface area contributed by atoms with Crippen LogP contribution in [0.5, 0.6) is 5.75 Å². The van der Waals surface area contributed by atoms with Crippen LogP contribution in [-0.2, 0) is 4.79 Å². The summed E-state index contributed by atoms with van der Waals surface area (Å²) in [5, 5.41) is 11.6. The van der Waals surface area contributed by atoms with Gasteiger partial charge in [0.25, 0.3) is 5.91 Å². The molecular weight excluding hydrogens is 270 g/mol. The number of nitrogens with one attached hydrogen (secondary N) is 1. The van der Waals surface area contributed by atoms with Crippen molar-refractivity contribution >= 4 is 11.9 Å². The van der Waals surface area contributed by atoms with Crippen LogP contribution in [0.3, 0.4) is 0 Å². The molecule has 5 nitrogen and oxygen atoms in total. The van der Waals surface area contributed by atoms with Gasteiger partial charge in [0, 0.05) is 17.5 Å². The molecule has 116 valence electrons. The van der Waals surface area contributed by atoms with Gasteiger partial charge in [-0.25, -0.2) is 0 Å². The largest absolute Gasteiger partial charge is 0.491 e. The number of carbonyl (C=O) groups excluding carboxylic acids is 1. The average molecular weight is 293 g/mol. The summed E-state index contributed by atoms with van der Waals surface area (Å²) in [4.78, 5) is 22.8. The number of amides is 1. The van der Waals surface area contributed by atoms with Crippen molar-refractivity contribution < 1.29 is 19.4 Å². The molecule has 0 fully saturated rings. The zero-order chi connectivity index (χ0) is 16.0. The van der Waals surface area contributed by atoms with Crippen molar-refractivity contribution in [2.75, 3.05) is 0 Å². The van der Waals surface area contributed by atoms with Crippen molar-refractivity contribution in [3.05, 3.63) is 29.8 Å². The summed E-state index contributed by atoms with van der Waals surface area (Å²) in [6.45, 7) is 7.45. The van der Waals surface area contributed by atoms with Gasteiger partial charge < -0.3 is 15.2 Å². The standard InChI is InChI=1S/C16H23NO4/c1-11(2)21-13-7-5-6-12(10-13)15(20)17-16(3,4)9-8-14(18)19/h5-7,10-11H,8-9H2,1-4H3,(H,17,20)(H,18,19). The summed E-state index contributed by atoms with van der Waals surface area (Å²) >= 11 is 0. The third-order valence-electron chi connectivity index (χ3n) is 2.88. The highest BCUT2D eigenvalue weighted by molar-refractivity contribution is 5.95. The lowest BCUT2D eigenvalue weighted by atomic mass is 9.97. The number of benzene rings is 1. The molecule has 0 aliphatic heterocycles. The Balaban J connectivity index is 2.72. The monoisotopic (exact) mass is 293 g/mol. The van der Waals surface area contributed by atoms with Gasteiger partial charge in [-0.3, -0.25) is 9.59 Å². The van der Waals surface area contributed by atoms with E-state index >= 15 is 0 Å². The van der Waals surface area contributed by atoms with Crippen LogP contribution < -0.4 is 10.1 Å². The normalized spacial score (nSPS) is 11.3. The summed E-state index contributed by atoms with van der Waals surface area (Å²) in [6, 6.07) is 6.95. The number of ether oxygens (including phenoxy) is 1. The second-order valence-corrected chi connectivity index (χ2v) is 5.93. The number of carboxylic acid groups (broad SMARTS) is 1. The molecule has 0 aliphatic rings. The van der Waals surface area contributed by atoms with Crippen molar-refractivity contribution in [1.82, 2.24) is 5.32 Å². The third kappa shape index (κ3) is 6.29. The summed E-state index contributed by atoms with van der Waals surface area (Å²) in [7, 11) is 0. The summed E-state index contributed by atoms with van der Waals surface area (Å²) in [6.07, 6.45) is 0.426. The predicted molar refractivity (Wildman–Crippen MR) is 80.6 cm³/mol. The fraction of sp³-hybridized carbons (Fsp3) is 0.500. The topological polar surface area (TPSA) is 75.6 Å². The van der Waals surface area contributed by atoms with Gasteiger partial charge in [-0.2, -0.15) is 0 Å². The molecule has 1 aromatic rings. The SMILES string of the molecule is CC(C)Oc1cccc(C(=O)NC(C)(C)CCC(=O)O)c1. The zero-order valence-electron chi connectivity index (χ0n) is 13.0. The molecule has 0 spiro atoms. The van der Waals surface area contributed by atoms with E-state index in [2.05, 4.69) is 5.32 Å². The fourth-order valence-corrected chi connectivity index (χ4v) is 1.84. The summed E-state index contributed by atoms with van der Waals surface area (Å²) in [5.74, 6) is -0.467. The highest BCUT2D eigenvalue weighted by Gasteiger charge is 2.22. The lowest BCUT2D eigenvalue weighted by molar-refractivity contribution is -0.137. The Morgan fingerprint density at radius 2 is 2.00 bits per heavy atom. The van der Waals surface area contributed by atoms with Crippen LogP contribution in [-0.4, -0.2) is 28.6 Å². The van der Waals surface area contributed by atoms with Crippen LogP contribution in [0.2, 0.25) is 0 Å². The lowest BCUT2D eigenvalue weighted by Crippen LogP contribution is -2.43. The second-order valence-electron chi connectivity index (χ2n) is 5.93.